The molecule has 5 heteroatoms. The normalized spacial score (nSPS) is 15.9. The summed E-state index contributed by atoms with van der Waals surface area (Å²) in [6, 6.07) is 3.66. The van der Waals surface area contributed by atoms with Crippen LogP contribution in [0.2, 0.25) is 0 Å². The summed E-state index contributed by atoms with van der Waals surface area (Å²) in [6.07, 6.45) is 3.14. The fourth-order valence-electron chi connectivity index (χ4n) is 1.87. The van der Waals surface area contributed by atoms with Gasteiger partial charge in [0.2, 0.25) is 11.7 Å². The Morgan fingerprint density at radius 1 is 1.18 bits per heavy atom. The van der Waals surface area contributed by atoms with Crippen molar-refractivity contribution < 1.29 is 13.3 Å². The fraction of sp³-hybridized carbons (Fsp3) is 0.333. The van der Waals surface area contributed by atoms with Crippen molar-refractivity contribution in [3.05, 3.63) is 35.7 Å². The van der Waals surface area contributed by atoms with Gasteiger partial charge in [-0.2, -0.15) is 4.98 Å². The van der Waals surface area contributed by atoms with Crippen LogP contribution in [0.25, 0.3) is 11.4 Å². The third-order valence-electron chi connectivity index (χ3n) is 3.08. The van der Waals surface area contributed by atoms with Crippen molar-refractivity contribution in [1.29, 1.82) is 0 Å². The average molecular weight is 236 g/mol. The van der Waals surface area contributed by atoms with Crippen molar-refractivity contribution in [1.82, 2.24) is 10.1 Å². The molecular weight excluding hydrogens is 226 g/mol. The SMILES string of the molecule is Fc1cccc(F)c1-c1noc(C2CCC2)n1. The highest BCUT2D eigenvalue weighted by Crippen LogP contribution is 2.36. The van der Waals surface area contributed by atoms with E-state index in [-0.39, 0.29) is 17.3 Å². The standard InChI is InChI=1S/C12H10F2N2O/c13-8-5-2-6-9(14)10(8)11-15-12(17-16-11)7-3-1-4-7/h2,5-7H,1,3-4H2. The summed E-state index contributed by atoms with van der Waals surface area (Å²) in [6.45, 7) is 0. The van der Waals surface area contributed by atoms with Crippen LogP contribution in [-0.2, 0) is 0 Å². The topological polar surface area (TPSA) is 38.9 Å². The van der Waals surface area contributed by atoms with Gasteiger partial charge in [-0.25, -0.2) is 8.78 Å². The van der Waals surface area contributed by atoms with Crippen LogP contribution in [0.3, 0.4) is 0 Å². The zero-order valence-corrected chi connectivity index (χ0v) is 8.99. The highest BCUT2D eigenvalue weighted by molar-refractivity contribution is 5.56. The minimum Gasteiger partial charge on any atom is -0.339 e. The summed E-state index contributed by atoms with van der Waals surface area (Å²) < 4.78 is 32.0. The molecule has 17 heavy (non-hydrogen) atoms. The minimum atomic E-state index is -0.675. The molecule has 1 heterocycles. The predicted molar refractivity (Wildman–Crippen MR) is 56.2 cm³/mol. The molecule has 3 nitrogen and oxygen atoms in total. The van der Waals surface area contributed by atoms with Gasteiger partial charge in [-0.05, 0) is 25.0 Å². The third-order valence-corrected chi connectivity index (χ3v) is 3.08. The molecule has 1 aliphatic rings. The van der Waals surface area contributed by atoms with Crippen LogP contribution >= 0.6 is 0 Å². The third kappa shape index (κ3) is 1.71. The molecule has 0 N–H and O–H groups in total. The number of hydrogen-bond acceptors (Lipinski definition) is 3. The maximum absolute atomic E-state index is 13.5. The van der Waals surface area contributed by atoms with Crippen molar-refractivity contribution in [3.63, 3.8) is 0 Å². The van der Waals surface area contributed by atoms with E-state index in [1.54, 1.807) is 0 Å². The minimum absolute atomic E-state index is 0.0116. The predicted octanol–water partition coefficient (Wildman–Crippen LogP) is 3.28. The number of aromatic nitrogens is 2. The lowest BCUT2D eigenvalue weighted by atomic mass is 9.85. The maximum atomic E-state index is 13.5. The molecule has 0 radical (unpaired) electrons. The van der Waals surface area contributed by atoms with E-state index in [1.807, 2.05) is 0 Å². The molecule has 0 spiro atoms. The van der Waals surface area contributed by atoms with Crippen molar-refractivity contribution >= 4 is 0 Å². The van der Waals surface area contributed by atoms with Gasteiger partial charge in [-0.3, -0.25) is 0 Å². The zero-order valence-electron chi connectivity index (χ0n) is 8.99. The summed E-state index contributed by atoms with van der Waals surface area (Å²) in [5.74, 6) is -0.626. The Morgan fingerprint density at radius 3 is 2.47 bits per heavy atom. The number of halogens is 2. The largest absolute Gasteiger partial charge is 0.339 e. The molecule has 0 atom stereocenters. The molecule has 0 amide bonds. The molecule has 1 saturated carbocycles. The van der Waals surface area contributed by atoms with Crippen molar-refractivity contribution in [3.8, 4) is 11.4 Å². The summed E-state index contributed by atoms with van der Waals surface area (Å²) in [5.41, 5.74) is -0.221. The average Bonchev–Trinajstić information content (AvgIpc) is 2.64. The quantitative estimate of drug-likeness (QED) is 0.803. The first-order valence-electron chi connectivity index (χ1n) is 5.53. The first-order valence-corrected chi connectivity index (χ1v) is 5.53. The van der Waals surface area contributed by atoms with E-state index in [4.69, 9.17) is 4.52 Å². The second kappa shape index (κ2) is 3.91. The Bertz CT molecular complexity index is 529. The highest BCUT2D eigenvalue weighted by Gasteiger charge is 2.26. The van der Waals surface area contributed by atoms with Crippen LogP contribution in [0.15, 0.2) is 22.7 Å². The number of nitrogens with zero attached hydrogens (tertiary/aromatic N) is 2. The van der Waals surface area contributed by atoms with Crippen molar-refractivity contribution in [2.45, 2.75) is 25.2 Å². The van der Waals surface area contributed by atoms with Gasteiger partial charge in [0.1, 0.15) is 11.6 Å². The number of rotatable bonds is 2. The number of benzene rings is 1. The van der Waals surface area contributed by atoms with Gasteiger partial charge in [0.15, 0.2) is 0 Å². The Kier molecular flexibility index (Phi) is 2.39. The molecule has 1 fully saturated rings. The molecule has 0 bridgehead atoms. The summed E-state index contributed by atoms with van der Waals surface area (Å²) in [4.78, 5) is 4.07. The smallest absolute Gasteiger partial charge is 0.230 e. The van der Waals surface area contributed by atoms with E-state index < -0.39 is 11.6 Å². The summed E-state index contributed by atoms with van der Waals surface area (Å²) in [7, 11) is 0. The van der Waals surface area contributed by atoms with Crippen LogP contribution in [-0.4, -0.2) is 10.1 Å². The molecule has 1 aliphatic carbocycles. The molecular formula is C12H10F2N2O. The molecule has 3 rings (SSSR count). The van der Waals surface area contributed by atoms with Crippen LogP contribution in [0.5, 0.6) is 0 Å². The summed E-state index contributed by atoms with van der Waals surface area (Å²) in [5, 5.41) is 3.64. The van der Waals surface area contributed by atoms with Gasteiger partial charge >= 0.3 is 0 Å². The monoisotopic (exact) mass is 236 g/mol. The first kappa shape index (κ1) is 10.4. The van der Waals surface area contributed by atoms with Crippen molar-refractivity contribution in [2.24, 2.45) is 0 Å². The van der Waals surface area contributed by atoms with E-state index in [0.29, 0.717) is 5.89 Å². The van der Waals surface area contributed by atoms with E-state index in [9.17, 15) is 8.78 Å². The van der Waals surface area contributed by atoms with E-state index in [1.165, 1.54) is 18.2 Å². The molecule has 0 aliphatic heterocycles. The van der Waals surface area contributed by atoms with Crippen LogP contribution < -0.4 is 0 Å². The van der Waals surface area contributed by atoms with Gasteiger partial charge in [0.25, 0.3) is 0 Å². The zero-order chi connectivity index (χ0) is 11.8. The second-order valence-corrected chi connectivity index (χ2v) is 4.18. The first-order chi connectivity index (χ1) is 8.25. The Hall–Kier alpha value is -1.78. The van der Waals surface area contributed by atoms with Crippen LogP contribution in [0.4, 0.5) is 8.78 Å². The van der Waals surface area contributed by atoms with E-state index in [2.05, 4.69) is 10.1 Å². The lowest BCUT2D eigenvalue weighted by molar-refractivity contribution is 0.292. The maximum Gasteiger partial charge on any atom is 0.230 e. The molecule has 2 aromatic rings. The summed E-state index contributed by atoms with van der Waals surface area (Å²) >= 11 is 0. The van der Waals surface area contributed by atoms with Gasteiger partial charge in [-0.15, -0.1) is 0 Å². The molecule has 0 saturated heterocycles. The van der Waals surface area contributed by atoms with E-state index in [0.717, 1.165) is 19.3 Å². The number of hydrogen-bond donors (Lipinski definition) is 0. The fourth-order valence-corrected chi connectivity index (χ4v) is 1.87. The van der Waals surface area contributed by atoms with Gasteiger partial charge in [-0.1, -0.05) is 17.6 Å². The molecule has 88 valence electrons. The van der Waals surface area contributed by atoms with Crippen LogP contribution in [0.1, 0.15) is 31.1 Å². The molecule has 1 aromatic carbocycles. The Labute approximate surface area is 96.5 Å². The lowest BCUT2D eigenvalue weighted by Gasteiger charge is -2.20. The van der Waals surface area contributed by atoms with Crippen molar-refractivity contribution in [2.75, 3.05) is 0 Å². The Morgan fingerprint density at radius 2 is 1.88 bits per heavy atom. The highest BCUT2D eigenvalue weighted by atomic mass is 19.1. The van der Waals surface area contributed by atoms with Gasteiger partial charge in [0.05, 0.1) is 5.56 Å². The lowest BCUT2D eigenvalue weighted by Crippen LogP contribution is -2.08. The molecule has 1 aromatic heterocycles. The van der Waals surface area contributed by atoms with Crippen LogP contribution in [0, 0.1) is 11.6 Å². The molecule has 0 unspecified atom stereocenters. The van der Waals surface area contributed by atoms with Gasteiger partial charge < -0.3 is 4.52 Å². The van der Waals surface area contributed by atoms with Gasteiger partial charge in [0, 0.05) is 5.92 Å². The van der Waals surface area contributed by atoms with E-state index >= 15 is 0 Å². The second-order valence-electron chi connectivity index (χ2n) is 4.18. The Balaban J connectivity index is 2.00.